The van der Waals surface area contributed by atoms with Gasteiger partial charge in [-0.25, -0.2) is 0 Å². The van der Waals surface area contributed by atoms with E-state index >= 15 is 0 Å². The molecule has 0 amide bonds. The van der Waals surface area contributed by atoms with Crippen LogP contribution in [0.1, 0.15) is 28.1 Å². The number of aryl methyl sites for hydroxylation is 3. The second-order valence-corrected chi connectivity index (χ2v) is 4.38. The molecule has 0 spiro atoms. The molecule has 2 rings (SSSR count). The van der Waals surface area contributed by atoms with Crippen molar-refractivity contribution < 1.29 is 4.42 Å². The van der Waals surface area contributed by atoms with Gasteiger partial charge in [0, 0.05) is 13.5 Å². The van der Waals surface area contributed by atoms with Crippen LogP contribution in [0.5, 0.6) is 0 Å². The van der Waals surface area contributed by atoms with E-state index in [1.54, 1.807) is 0 Å². The lowest BCUT2D eigenvalue weighted by atomic mass is 10.0. The van der Waals surface area contributed by atoms with Crippen molar-refractivity contribution in [2.75, 3.05) is 12.4 Å². The molecule has 2 aromatic rings. The molecule has 0 atom stereocenters. The molecule has 1 aromatic heterocycles. The average molecular weight is 230 g/mol. The van der Waals surface area contributed by atoms with Crippen LogP contribution >= 0.6 is 0 Å². The molecule has 0 aliphatic rings. The first-order valence-electron chi connectivity index (χ1n) is 5.80. The Kier molecular flexibility index (Phi) is 3.18. The predicted octanol–water partition coefficient (Wildman–Crippen LogP) is 3.23. The Morgan fingerprint density at radius 2 is 2.00 bits per heavy atom. The topological polar surface area (TPSA) is 38.1 Å². The van der Waals surface area contributed by atoms with E-state index in [0.29, 0.717) is 6.01 Å². The summed E-state index contributed by atoms with van der Waals surface area (Å²) in [5.74, 6) is 0.933. The summed E-state index contributed by atoms with van der Waals surface area (Å²) < 4.78 is 5.64. The molecule has 0 unspecified atom stereocenters. The maximum Gasteiger partial charge on any atom is 0.294 e. The van der Waals surface area contributed by atoms with Gasteiger partial charge in [0.05, 0.1) is 5.69 Å². The Balaban J connectivity index is 2.30. The van der Waals surface area contributed by atoms with Crippen molar-refractivity contribution in [2.45, 2.75) is 27.2 Å². The molecule has 17 heavy (non-hydrogen) atoms. The zero-order valence-electron chi connectivity index (χ0n) is 10.8. The van der Waals surface area contributed by atoms with Gasteiger partial charge in [-0.05, 0) is 31.9 Å². The van der Waals surface area contributed by atoms with Crippen molar-refractivity contribution in [3.63, 3.8) is 0 Å². The number of hydrogen-bond acceptors (Lipinski definition) is 3. The normalized spacial score (nSPS) is 10.6. The fourth-order valence-electron chi connectivity index (χ4n) is 1.86. The minimum absolute atomic E-state index is 0.586. The summed E-state index contributed by atoms with van der Waals surface area (Å²) in [6, 6.07) is 7.07. The summed E-state index contributed by atoms with van der Waals surface area (Å²) in [7, 11) is 1.81. The zero-order valence-corrected chi connectivity index (χ0v) is 10.8. The van der Waals surface area contributed by atoms with Crippen molar-refractivity contribution in [1.82, 2.24) is 4.98 Å². The van der Waals surface area contributed by atoms with Gasteiger partial charge in [0.2, 0.25) is 0 Å². The van der Waals surface area contributed by atoms with Gasteiger partial charge in [-0.1, -0.05) is 23.8 Å². The number of nitrogens with zero attached hydrogens (tertiary/aromatic N) is 1. The van der Waals surface area contributed by atoms with Crippen molar-refractivity contribution in [2.24, 2.45) is 0 Å². The van der Waals surface area contributed by atoms with Crippen LogP contribution in [0, 0.1) is 20.8 Å². The van der Waals surface area contributed by atoms with E-state index in [1.165, 1.54) is 16.7 Å². The highest BCUT2D eigenvalue weighted by Gasteiger charge is 2.10. The second-order valence-electron chi connectivity index (χ2n) is 4.38. The Labute approximate surface area is 102 Å². The SMILES string of the molecule is CNc1nc(C)c(Cc2cc(C)ccc2C)o1. The van der Waals surface area contributed by atoms with Crippen LogP contribution in [-0.4, -0.2) is 12.0 Å². The molecule has 1 N–H and O–H groups in total. The molecule has 3 heteroatoms. The third kappa shape index (κ3) is 2.49. The Bertz CT molecular complexity index is 529. The molecule has 90 valence electrons. The smallest absolute Gasteiger partial charge is 0.294 e. The minimum Gasteiger partial charge on any atom is -0.428 e. The molecule has 0 aliphatic heterocycles. The number of anilines is 1. The number of oxazole rings is 1. The number of hydrogen-bond donors (Lipinski definition) is 1. The van der Waals surface area contributed by atoms with E-state index in [4.69, 9.17) is 4.42 Å². The summed E-state index contributed by atoms with van der Waals surface area (Å²) in [5.41, 5.74) is 4.82. The van der Waals surface area contributed by atoms with Crippen molar-refractivity contribution in [3.05, 3.63) is 46.3 Å². The summed E-state index contributed by atoms with van der Waals surface area (Å²) >= 11 is 0. The van der Waals surface area contributed by atoms with Crippen LogP contribution in [-0.2, 0) is 6.42 Å². The van der Waals surface area contributed by atoms with Gasteiger partial charge < -0.3 is 9.73 Å². The van der Waals surface area contributed by atoms with E-state index in [-0.39, 0.29) is 0 Å². The molecule has 0 aliphatic carbocycles. The molecule has 0 bridgehead atoms. The third-order valence-electron chi connectivity index (χ3n) is 2.96. The van der Waals surface area contributed by atoms with Gasteiger partial charge in [-0.2, -0.15) is 4.98 Å². The molecule has 0 fully saturated rings. The van der Waals surface area contributed by atoms with Crippen LogP contribution in [0.4, 0.5) is 6.01 Å². The standard InChI is InChI=1S/C14H18N2O/c1-9-5-6-10(2)12(7-9)8-13-11(3)16-14(15-4)17-13/h5-7H,8H2,1-4H3,(H,15,16). The van der Waals surface area contributed by atoms with Gasteiger partial charge in [0.25, 0.3) is 6.01 Å². The first-order chi connectivity index (χ1) is 8.10. The molecular weight excluding hydrogens is 212 g/mol. The number of rotatable bonds is 3. The van der Waals surface area contributed by atoms with Crippen LogP contribution < -0.4 is 5.32 Å². The van der Waals surface area contributed by atoms with Gasteiger partial charge >= 0.3 is 0 Å². The van der Waals surface area contributed by atoms with Crippen LogP contribution in [0.2, 0.25) is 0 Å². The summed E-state index contributed by atoms with van der Waals surface area (Å²) in [5, 5.41) is 2.92. The Morgan fingerprint density at radius 3 is 2.65 bits per heavy atom. The minimum atomic E-state index is 0.586. The summed E-state index contributed by atoms with van der Waals surface area (Å²) in [4.78, 5) is 4.30. The lowest BCUT2D eigenvalue weighted by molar-refractivity contribution is 0.528. The molecule has 1 aromatic carbocycles. The van der Waals surface area contributed by atoms with Gasteiger partial charge in [-0.3, -0.25) is 0 Å². The maximum absolute atomic E-state index is 5.64. The molecule has 0 saturated carbocycles. The van der Waals surface area contributed by atoms with E-state index in [9.17, 15) is 0 Å². The first kappa shape index (κ1) is 11.7. The lowest BCUT2D eigenvalue weighted by Gasteiger charge is -2.05. The molecule has 1 heterocycles. The highest BCUT2D eigenvalue weighted by Crippen LogP contribution is 2.20. The monoisotopic (exact) mass is 230 g/mol. The van der Waals surface area contributed by atoms with Gasteiger partial charge in [-0.15, -0.1) is 0 Å². The number of benzene rings is 1. The van der Waals surface area contributed by atoms with Crippen LogP contribution in [0.25, 0.3) is 0 Å². The quantitative estimate of drug-likeness (QED) is 0.879. The molecular formula is C14H18N2O. The first-order valence-corrected chi connectivity index (χ1v) is 5.80. The summed E-state index contributed by atoms with van der Waals surface area (Å²) in [6.07, 6.45) is 0.800. The second kappa shape index (κ2) is 4.62. The highest BCUT2D eigenvalue weighted by molar-refractivity contribution is 5.35. The maximum atomic E-state index is 5.64. The number of nitrogens with one attached hydrogen (secondary N) is 1. The van der Waals surface area contributed by atoms with E-state index < -0.39 is 0 Å². The lowest BCUT2D eigenvalue weighted by Crippen LogP contribution is -1.93. The fraction of sp³-hybridized carbons (Fsp3) is 0.357. The van der Waals surface area contributed by atoms with Crippen molar-refractivity contribution in [3.8, 4) is 0 Å². The largest absolute Gasteiger partial charge is 0.428 e. The van der Waals surface area contributed by atoms with E-state index in [1.807, 2.05) is 14.0 Å². The van der Waals surface area contributed by atoms with Crippen LogP contribution in [0.15, 0.2) is 22.6 Å². The Hall–Kier alpha value is -1.77. The van der Waals surface area contributed by atoms with Crippen molar-refractivity contribution >= 4 is 6.01 Å². The van der Waals surface area contributed by atoms with Gasteiger partial charge in [0.15, 0.2) is 0 Å². The van der Waals surface area contributed by atoms with Gasteiger partial charge in [0.1, 0.15) is 5.76 Å². The number of aromatic nitrogens is 1. The van der Waals surface area contributed by atoms with Crippen molar-refractivity contribution in [1.29, 1.82) is 0 Å². The highest BCUT2D eigenvalue weighted by atomic mass is 16.4. The summed E-state index contributed by atoms with van der Waals surface area (Å²) in [6.45, 7) is 6.21. The van der Waals surface area contributed by atoms with Crippen LogP contribution in [0.3, 0.4) is 0 Å². The zero-order chi connectivity index (χ0) is 12.4. The fourth-order valence-corrected chi connectivity index (χ4v) is 1.86. The Morgan fingerprint density at radius 1 is 1.24 bits per heavy atom. The third-order valence-corrected chi connectivity index (χ3v) is 2.96. The van der Waals surface area contributed by atoms with E-state index in [2.05, 4.69) is 42.3 Å². The van der Waals surface area contributed by atoms with E-state index in [0.717, 1.165) is 17.9 Å². The molecule has 0 saturated heterocycles. The average Bonchev–Trinajstić information content (AvgIpc) is 2.65. The predicted molar refractivity (Wildman–Crippen MR) is 69.5 cm³/mol. The molecule has 3 nitrogen and oxygen atoms in total. The molecule has 0 radical (unpaired) electrons.